The number of hydrogen-bond acceptors (Lipinski definition) is 4. The maximum atomic E-state index is 13.4. The normalized spacial score (nSPS) is 17.5. The number of hydrogen-bond donors (Lipinski definition) is 3. The topological polar surface area (TPSA) is 52.5 Å². The SMILES string of the molecule is Oc1ccc(CNC2CCSc3ccc(F)cc32)cc1O. The Morgan fingerprint density at radius 2 is 2.00 bits per heavy atom. The lowest BCUT2D eigenvalue weighted by atomic mass is 10.0. The van der Waals surface area contributed by atoms with E-state index in [-0.39, 0.29) is 23.4 Å². The molecule has 110 valence electrons. The van der Waals surface area contributed by atoms with Crippen LogP contribution >= 0.6 is 11.8 Å². The first-order valence-corrected chi connectivity index (χ1v) is 7.78. The molecular weight excluding hydrogens is 289 g/mol. The van der Waals surface area contributed by atoms with Crippen molar-refractivity contribution < 1.29 is 14.6 Å². The molecule has 3 rings (SSSR count). The Morgan fingerprint density at radius 3 is 2.81 bits per heavy atom. The predicted molar refractivity (Wildman–Crippen MR) is 81.1 cm³/mol. The van der Waals surface area contributed by atoms with Gasteiger partial charge in [0.2, 0.25) is 0 Å². The van der Waals surface area contributed by atoms with Crippen LogP contribution in [-0.4, -0.2) is 16.0 Å². The van der Waals surface area contributed by atoms with E-state index >= 15 is 0 Å². The first-order chi connectivity index (χ1) is 10.1. The molecule has 0 bridgehead atoms. The monoisotopic (exact) mass is 305 g/mol. The van der Waals surface area contributed by atoms with Gasteiger partial charge in [0.1, 0.15) is 5.82 Å². The van der Waals surface area contributed by atoms with Gasteiger partial charge in [-0.15, -0.1) is 11.8 Å². The molecule has 0 radical (unpaired) electrons. The molecule has 0 aliphatic carbocycles. The van der Waals surface area contributed by atoms with Crippen LogP contribution in [0.5, 0.6) is 11.5 Å². The van der Waals surface area contributed by atoms with Crippen molar-refractivity contribution in [2.24, 2.45) is 0 Å². The molecule has 1 heterocycles. The van der Waals surface area contributed by atoms with Crippen LogP contribution in [0.3, 0.4) is 0 Å². The summed E-state index contributed by atoms with van der Waals surface area (Å²) in [6, 6.07) is 9.78. The number of rotatable bonds is 3. The molecular formula is C16H16FNO2S. The lowest BCUT2D eigenvalue weighted by molar-refractivity contribution is 0.402. The van der Waals surface area contributed by atoms with Crippen molar-refractivity contribution in [3.8, 4) is 11.5 Å². The second-order valence-corrected chi connectivity index (χ2v) is 6.21. The molecule has 1 unspecified atom stereocenters. The van der Waals surface area contributed by atoms with E-state index in [0.29, 0.717) is 6.54 Å². The number of thioether (sulfide) groups is 1. The van der Waals surface area contributed by atoms with Gasteiger partial charge in [0, 0.05) is 17.5 Å². The van der Waals surface area contributed by atoms with E-state index in [0.717, 1.165) is 28.2 Å². The van der Waals surface area contributed by atoms with Gasteiger partial charge in [-0.3, -0.25) is 0 Å². The summed E-state index contributed by atoms with van der Waals surface area (Å²) >= 11 is 1.75. The van der Waals surface area contributed by atoms with Crippen LogP contribution in [0.15, 0.2) is 41.3 Å². The highest BCUT2D eigenvalue weighted by molar-refractivity contribution is 7.99. The fourth-order valence-corrected chi connectivity index (χ4v) is 3.60. The second kappa shape index (κ2) is 5.95. The molecule has 3 nitrogen and oxygen atoms in total. The Morgan fingerprint density at radius 1 is 1.14 bits per heavy atom. The summed E-state index contributed by atoms with van der Waals surface area (Å²) in [7, 11) is 0. The van der Waals surface area contributed by atoms with Crippen molar-refractivity contribution in [2.45, 2.75) is 23.9 Å². The predicted octanol–water partition coefficient (Wildman–Crippen LogP) is 3.56. The standard InChI is InChI=1S/C16H16FNO2S/c17-11-2-4-16-12(8-11)13(5-6-21-16)18-9-10-1-3-14(19)15(20)7-10/h1-4,7-8,13,18-20H,5-6,9H2. The van der Waals surface area contributed by atoms with Gasteiger partial charge in [-0.1, -0.05) is 6.07 Å². The van der Waals surface area contributed by atoms with E-state index in [1.165, 1.54) is 18.2 Å². The third kappa shape index (κ3) is 3.14. The molecule has 0 saturated carbocycles. The number of phenols is 2. The summed E-state index contributed by atoms with van der Waals surface area (Å²) < 4.78 is 13.4. The van der Waals surface area contributed by atoms with Gasteiger partial charge in [0.15, 0.2) is 11.5 Å². The van der Waals surface area contributed by atoms with Gasteiger partial charge in [-0.25, -0.2) is 4.39 Å². The summed E-state index contributed by atoms with van der Waals surface area (Å²) in [4.78, 5) is 1.12. The van der Waals surface area contributed by atoms with Crippen LogP contribution in [0.2, 0.25) is 0 Å². The minimum Gasteiger partial charge on any atom is -0.504 e. The van der Waals surface area contributed by atoms with E-state index in [2.05, 4.69) is 5.32 Å². The molecule has 0 amide bonds. The van der Waals surface area contributed by atoms with Crippen LogP contribution in [-0.2, 0) is 6.54 Å². The highest BCUT2D eigenvalue weighted by Gasteiger charge is 2.20. The second-order valence-electron chi connectivity index (χ2n) is 5.08. The minimum atomic E-state index is -0.217. The molecule has 2 aromatic rings. The van der Waals surface area contributed by atoms with Crippen LogP contribution in [0, 0.1) is 5.82 Å². The van der Waals surface area contributed by atoms with E-state index in [1.54, 1.807) is 23.9 Å². The molecule has 0 aromatic heterocycles. The van der Waals surface area contributed by atoms with E-state index in [1.807, 2.05) is 6.07 Å². The number of aromatic hydroxyl groups is 2. The van der Waals surface area contributed by atoms with Crippen LogP contribution < -0.4 is 5.32 Å². The summed E-state index contributed by atoms with van der Waals surface area (Å²) in [5.74, 6) is 0.530. The maximum absolute atomic E-state index is 13.4. The molecule has 1 aliphatic heterocycles. The maximum Gasteiger partial charge on any atom is 0.157 e. The fraction of sp³-hybridized carbons (Fsp3) is 0.250. The van der Waals surface area contributed by atoms with Crippen molar-refractivity contribution >= 4 is 11.8 Å². The van der Waals surface area contributed by atoms with Crippen molar-refractivity contribution in [3.05, 3.63) is 53.3 Å². The average molecular weight is 305 g/mol. The number of benzene rings is 2. The molecule has 1 atom stereocenters. The summed E-state index contributed by atoms with van der Waals surface area (Å²) in [5, 5.41) is 22.2. The quantitative estimate of drug-likeness (QED) is 0.759. The van der Waals surface area contributed by atoms with Gasteiger partial charge in [-0.05, 0) is 53.6 Å². The van der Waals surface area contributed by atoms with Crippen LogP contribution in [0.25, 0.3) is 0 Å². The third-order valence-corrected chi connectivity index (χ3v) is 4.73. The van der Waals surface area contributed by atoms with E-state index in [4.69, 9.17) is 0 Å². The third-order valence-electron chi connectivity index (χ3n) is 3.60. The molecule has 0 fully saturated rings. The highest BCUT2D eigenvalue weighted by atomic mass is 32.2. The number of fused-ring (bicyclic) bond motifs is 1. The zero-order valence-corrected chi connectivity index (χ0v) is 12.2. The molecule has 1 aliphatic rings. The number of halogens is 1. The van der Waals surface area contributed by atoms with Crippen molar-refractivity contribution in [2.75, 3.05) is 5.75 Å². The number of nitrogens with one attached hydrogen (secondary N) is 1. The van der Waals surface area contributed by atoms with Gasteiger partial charge in [-0.2, -0.15) is 0 Å². The highest BCUT2D eigenvalue weighted by Crippen LogP contribution is 2.36. The first-order valence-electron chi connectivity index (χ1n) is 6.80. The van der Waals surface area contributed by atoms with Crippen molar-refractivity contribution in [1.29, 1.82) is 0 Å². The summed E-state index contributed by atoms with van der Waals surface area (Å²) in [6.45, 7) is 0.555. The molecule has 3 N–H and O–H groups in total. The largest absolute Gasteiger partial charge is 0.504 e. The van der Waals surface area contributed by atoms with Gasteiger partial charge >= 0.3 is 0 Å². The van der Waals surface area contributed by atoms with Gasteiger partial charge in [0.05, 0.1) is 0 Å². The van der Waals surface area contributed by atoms with Gasteiger partial charge < -0.3 is 15.5 Å². The Kier molecular flexibility index (Phi) is 4.03. The van der Waals surface area contributed by atoms with Crippen molar-refractivity contribution in [1.82, 2.24) is 5.32 Å². The Balaban J connectivity index is 1.74. The molecule has 2 aromatic carbocycles. The smallest absolute Gasteiger partial charge is 0.157 e. The lowest BCUT2D eigenvalue weighted by Crippen LogP contribution is -2.24. The van der Waals surface area contributed by atoms with E-state index in [9.17, 15) is 14.6 Å². The average Bonchev–Trinajstić information content (AvgIpc) is 2.48. The summed E-state index contributed by atoms with van der Waals surface area (Å²) in [6.07, 6.45) is 0.936. The Labute approximate surface area is 126 Å². The first kappa shape index (κ1) is 14.2. The van der Waals surface area contributed by atoms with E-state index < -0.39 is 0 Å². The Bertz CT molecular complexity index is 663. The molecule has 0 spiro atoms. The lowest BCUT2D eigenvalue weighted by Gasteiger charge is -2.26. The fourth-order valence-electron chi connectivity index (χ4n) is 2.50. The Hall–Kier alpha value is -1.72. The van der Waals surface area contributed by atoms with Crippen LogP contribution in [0.1, 0.15) is 23.6 Å². The molecule has 21 heavy (non-hydrogen) atoms. The minimum absolute atomic E-state index is 0.105. The van der Waals surface area contributed by atoms with Crippen LogP contribution in [0.4, 0.5) is 4.39 Å². The molecule has 0 saturated heterocycles. The molecule has 5 heteroatoms. The van der Waals surface area contributed by atoms with Gasteiger partial charge in [0.25, 0.3) is 0 Å². The zero-order chi connectivity index (χ0) is 14.8. The summed E-state index contributed by atoms with van der Waals surface area (Å²) in [5.41, 5.74) is 1.87. The van der Waals surface area contributed by atoms with Crippen molar-refractivity contribution in [3.63, 3.8) is 0 Å². The zero-order valence-electron chi connectivity index (χ0n) is 11.3. The number of phenolic OH excluding ortho intramolecular Hbond substituents is 2.